The number of hydrogen-bond donors (Lipinski definition) is 0. The number of ketones is 1. The molecular weight excluding hydrogens is 512 g/mol. The van der Waals surface area contributed by atoms with Crippen LogP contribution in [0, 0.1) is 11.8 Å². The van der Waals surface area contributed by atoms with E-state index < -0.39 is 47.7 Å². The Hall–Kier alpha value is -5.05. The van der Waals surface area contributed by atoms with Crippen molar-refractivity contribution in [3.8, 4) is 11.5 Å². The summed E-state index contributed by atoms with van der Waals surface area (Å²) in [6, 6.07) is 18.4. The molecule has 4 atom stereocenters. The van der Waals surface area contributed by atoms with Crippen LogP contribution < -0.4 is 19.3 Å². The van der Waals surface area contributed by atoms with Crippen molar-refractivity contribution in [2.45, 2.75) is 25.9 Å². The second kappa shape index (κ2) is 9.60. The zero-order chi connectivity index (χ0) is 28.1. The van der Waals surface area contributed by atoms with E-state index in [-0.39, 0.29) is 5.78 Å². The number of para-hydroxylation sites is 1. The molecular formula is C31H24N2O7. The summed E-state index contributed by atoms with van der Waals surface area (Å²) >= 11 is 0. The molecule has 0 radical (unpaired) electrons. The smallest absolute Gasteiger partial charge is 0.308 e. The van der Waals surface area contributed by atoms with E-state index in [1.807, 2.05) is 41.3 Å². The molecule has 6 rings (SSSR count). The molecule has 0 unspecified atom stereocenters. The van der Waals surface area contributed by atoms with E-state index in [9.17, 15) is 24.0 Å². The molecule has 3 aliphatic rings. The molecule has 3 heterocycles. The highest BCUT2D eigenvalue weighted by atomic mass is 16.5. The highest BCUT2D eigenvalue weighted by Gasteiger charge is 2.64. The molecule has 0 aromatic heterocycles. The monoisotopic (exact) mass is 536 g/mol. The molecule has 3 aliphatic heterocycles. The predicted molar refractivity (Wildman–Crippen MR) is 145 cm³/mol. The van der Waals surface area contributed by atoms with Gasteiger partial charge in [0.15, 0.2) is 5.78 Å². The Morgan fingerprint density at radius 1 is 0.725 bits per heavy atom. The zero-order valence-electron chi connectivity index (χ0n) is 21.6. The summed E-state index contributed by atoms with van der Waals surface area (Å²) in [5.41, 5.74) is 2.33. The quantitative estimate of drug-likeness (QED) is 0.210. The summed E-state index contributed by atoms with van der Waals surface area (Å²) in [5.74, 6) is -3.26. The van der Waals surface area contributed by atoms with Gasteiger partial charge in [-0.3, -0.25) is 24.0 Å². The minimum atomic E-state index is -0.942. The number of carbonyl (C=O) groups excluding carboxylic acids is 5. The number of anilines is 2. The van der Waals surface area contributed by atoms with Crippen LogP contribution in [-0.4, -0.2) is 41.6 Å². The number of hydrogen-bond acceptors (Lipinski definition) is 8. The number of amides is 2. The van der Waals surface area contributed by atoms with E-state index in [0.717, 1.165) is 16.2 Å². The molecule has 0 spiro atoms. The molecule has 0 aliphatic carbocycles. The topological polar surface area (TPSA) is 110 Å². The first-order chi connectivity index (χ1) is 19.2. The number of carbonyl (C=O) groups is 5. The van der Waals surface area contributed by atoms with Crippen molar-refractivity contribution < 1.29 is 33.4 Å². The SMILES string of the molecule is CC(=O)Oc1ccc(C(=O)[C@@H]2[C@@H]3C(=O)N(c4ccc(OC(C)=O)cc4)C(=O)[C@H]3[C@@H]3C=Cc4ccccc4N23)cc1. The molecule has 40 heavy (non-hydrogen) atoms. The molecule has 3 aromatic rings. The molecule has 0 saturated carbocycles. The van der Waals surface area contributed by atoms with E-state index in [1.54, 1.807) is 24.3 Å². The number of imide groups is 1. The molecule has 3 aromatic carbocycles. The number of ether oxygens (including phenoxy) is 2. The van der Waals surface area contributed by atoms with Gasteiger partial charge in [0.25, 0.3) is 0 Å². The average Bonchev–Trinajstić information content (AvgIpc) is 3.41. The minimum absolute atomic E-state index is 0.291. The van der Waals surface area contributed by atoms with Crippen LogP contribution in [0.5, 0.6) is 11.5 Å². The Kier molecular flexibility index (Phi) is 6.06. The fourth-order valence-electron chi connectivity index (χ4n) is 5.92. The predicted octanol–water partition coefficient (Wildman–Crippen LogP) is 3.81. The van der Waals surface area contributed by atoms with E-state index in [2.05, 4.69) is 0 Å². The van der Waals surface area contributed by atoms with E-state index in [1.165, 1.54) is 38.1 Å². The van der Waals surface area contributed by atoms with Gasteiger partial charge in [0, 0.05) is 25.1 Å². The lowest BCUT2D eigenvalue weighted by Crippen LogP contribution is -2.48. The second-order valence-corrected chi connectivity index (χ2v) is 9.89. The van der Waals surface area contributed by atoms with Crippen LogP contribution in [0.1, 0.15) is 29.8 Å². The Bertz CT molecular complexity index is 1590. The van der Waals surface area contributed by atoms with Gasteiger partial charge < -0.3 is 14.4 Å². The summed E-state index contributed by atoms with van der Waals surface area (Å²) < 4.78 is 10.2. The third-order valence-corrected chi connectivity index (χ3v) is 7.44. The van der Waals surface area contributed by atoms with E-state index in [0.29, 0.717) is 22.7 Å². The van der Waals surface area contributed by atoms with Crippen molar-refractivity contribution in [3.05, 3.63) is 90.0 Å². The summed E-state index contributed by atoms with van der Waals surface area (Å²) in [6.45, 7) is 2.57. The number of Topliss-reactive ketones (excluding diaryl/α,β-unsaturated/α-hetero) is 1. The van der Waals surface area contributed by atoms with Crippen molar-refractivity contribution in [2.24, 2.45) is 11.8 Å². The summed E-state index contributed by atoms with van der Waals surface area (Å²) in [5, 5.41) is 0. The molecule has 0 bridgehead atoms. The molecule has 2 saturated heterocycles. The maximum absolute atomic E-state index is 14.1. The Morgan fingerprint density at radius 3 is 1.93 bits per heavy atom. The maximum Gasteiger partial charge on any atom is 0.308 e. The van der Waals surface area contributed by atoms with E-state index in [4.69, 9.17) is 9.47 Å². The fraction of sp³-hybridized carbons (Fsp3) is 0.194. The number of benzene rings is 3. The largest absolute Gasteiger partial charge is 0.427 e. The average molecular weight is 537 g/mol. The number of esters is 2. The maximum atomic E-state index is 14.1. The highest BCUT2D eigenvalue weighted by Crippen LogP contribution is 2.49. The van der Waals surface area contributed by atoms with Gasteiger partial charge in [0.1, 0.15) is 17.5 Å². The van der Waals surface area contributed by atoms with Crippen molar-refractivity contribution in [2.75, 3.05) is 9.80 Å². The van der Waals surface area contributed by atoms with Gasteiger partial charge in [-0.05, 0) is 60.2 Å². The molecule has 2 fully saturated rings. The van der Waals surface area contributed by atoms with Gasteiger partial charge in [-0.2, -0.15) is 0 Å². The van der Waals surface area contributed by atoms with Crippen LogP contribution in [0.2, 0.25) is 0 Å². The van der Waals surface area contributed by atoms with Crippen LogP contribution in [0.25, 0.3) is 6.08 Å². The minimum Gasteiger partial charge on any atom is -0.427 e. The van der Waals surface area contributed by atoms with Crippen molar-refractivity contribution in [1.82, 2.24) is 0 Å². The number of rotatable bonds is 5. The lowest BCUT2D eigenvalue weighted by molar-refractivity contribution is -0.132. The third-order valence-electron chi connectivity index (χ3n) is 7.44. The first kappa shape index (κ1) is 25.2. The number of nitrogens with zero attached hydrogens (tertiary/aromatic N) is 2. The molecule has 0 N–H and O–H groups in total. The third kappa shape index (κ3) is 4.07. The normalized spacial score (nSPS) is 22.4. The highest BCUT2D eigenvalue weighted by molar-refractivity contribution is 6.25. The van der Waals surface area contributed by atoms with Gasteiger partial charge in [-0.15, -0.1) is 0 Å². The summed E-state index contributed by atoms with van der Waals surface area (Å²) in [6.07, 6.45) is 3.80. The van der Waals surface area contributed by atoms with Crippen LogP contribution in [0.15, 0.2) is 78.9 Å². The van der Waals surface area contributed by atoms with Gasteiger partial charge >= 0.3 is 11.9 Å². The lowest BCUT2D eigenvalue weighted by Gasteiger charge is -2.36. The molecule has 2 amide bonds. The van der Waals surface area contributed by atoms with Crippen molar-refractivity contribution in [1.29, 1.82) is 0 Å². The van der Waals surface area contributed by atoms with Crippen LogP contribution in [0.3, 0.4) is 0 Å². The Morgan fingerprint density at radius 2 is 1.30 bits per heavy atom. The second-order valence-electron chi connectivity index (χ2n) is 9.89. The first-order valence-corrected chi connectivity index (χ1v) is 12.8. The van der Waals surface area contributed by atoms with Gasteiger partial charge in [0.2, 0.25) is 11.8 Å². The molecule has 200 valence electrons. The first-order valence-electron chi connectivity index (χ1n) is 12.8. The Balaban J connectivity index is 1.40. The van der Waals surface area contributed by atoms with Crippen LogP contribution >= 0.6 is 0 Å². The lowest BCUT2D eigenvalue weighted by atomic mass is 9.86. The van der Waals surface area contributed by atoms with Crippen LogP contribution in [0.4, 0.5) is 11.4 Å². The fourth-order valence-corrected chi connectivity index (χ4v) is 5.92. The van der Waals surface area contributed by atoms with Crippen molar-refractivity contribution in [3.63, 3.8) is 0 Å². The van der Waals surface area contributed by atoms with Gasteiger partial charge in [-0.25, -0.2) is 4.90 Å². The molecule has 9 heteroatoms. The molecule has 9 nitrogen and oxygen atoms in total. The number of fused-ring (bicyclic) bond motifs is 5. The summed E-state index contributed by atoms with van der Waals surface area (Å²) in [7, 11) is 0. The summed E-state index contributed by atoms with van der Waals surface area (Å²) in [4.78, 5) is 67.6. The van der Waals surface area contributed by atoms with Crippen LogP contribution in [-0.2, 0) is 19.2 Å². The zero-order valence-corrected chi connectivity index (χ0v) is 21.6. The van der Waals surface area contributed by atoms with E-state index >= 15 is 0 Å². The van der Waals surface area contributed by atoms with Gasteiger partial charge in [-0.1, -0.05) is 30.4 Å². The van der Waals surface area contributed by atoms with Crippen molar-refractivity contribution >= 4 is 47.0 Å². The van der Waals surface area contributed by atoms with Gasteiger partial charge in [0.05, 0.1) is 23.6 Å². The Labute approximate surface area is 229 Å². The standard InChI is InChI=1S/C31H24N2O7/c1-17(34)39-22-12-7-20(8-13-22)29(36)28-27-26(25-16-9-19-5-3-4-6-24(19)33(25)28)30(37)32(31(27)38)21-10-14-23(15-11-21)40-18(2)35/h3-16,25-28H,1-2H3/t25-,26-,27+,28-/m0/s1.